The molecule has 0 atom stereocenters. The van der Waals surface area contributed by atoms with E-state index in [1.165, 1.54) is 0 Å². The van der Waals surface area contributed by atoms with E-state index in [1.54, 1.807) is 0 Å². The van der Waals surface area contributed by atoms with Crippen molar-refractivity contribution in [1.29, 1.82) is 5.26 Å². The molecule has 126 valence electrons. The lowest BCUT2D eigenvalue weighted by Crippen LogP contribution is -2.44. The van der Waals surface area contributed by atoms with Crippen LogP contribution in [-0.2, 0) is 6.42 Å². The number of fused-ring (bicyclic) bond motifs is 1. The summed E-state index contributed by atoms with van der Waals surface area (Å²) < 4.78 is 2.02. The van der Waals surface area contributed by atoms with Crippen LogP contribution in [0.2, 0.25) is 0 Å². The third-order valence-corrected chi connectivity index (χ3v) is 4.67. The minimum Gasteiger partial charge on any atom is -0.338 e. The van der Waals surface area contributed by atoms with Crippen LogP contribution in [0.25, 0.3) is 5.65 Å². The summed E-state index contributed by atoms with van der Waals surface area (Å²) in [6, 6.07) is 6.26. The first-order valence-electron chi connectivity index (χ1n) is 8.50. The quantitative estimate of drug-likeness (QED) is 0.938. The zero-order valence-corrected chi connectivity index (χ0v) is 14.0. The molecular weight excluding hydrogens is 302 g/mol. The molecule has 24 heavy (non-hydrogen) atoms. The Kier molecular flexibility index (Phi) is 4.99. The van der Waals surface area contributed by atoms with Gasteiger partial charge in [0.15, 0.2) is 0 Å². The molecule has 3 heterocycles. The van der Waals surface area contributed by atoms with Crippen molar-refractivity contribution in [1.82, 2.24) is 19.6 Å². The number of aryl methyl sites for hydroxylation is 1. The van der Waals surface area contributed by atoms with Gasteiger partial charge in [-0.05, 0) is 37.3 Å². The van der Waals surface area contributed by atoms with E-state index >= 15 is 0 Å². The van der Waals surface area contributed by atoms with Gasteiger partial charge < -0.3 is 14.6 Å². The molecule has 1 aliphatic rings. The average molecular weight is 325 g/mol. The molecule has 0 aliphatic carbocycles. The number of carbonyl (C=O) groups is 1. The van der Waals surface area contributed by atoms with Crippen molar-refractivity contribution in [2.45, 2.75) is 32.6 Å². The molecule has 0 saturated carbocycles. The maximum absolute atomic E-state index is 12.2. The number of imidazole rings is 1. The van der Waals surface area contributed by atoms with Crippen molar-refractivity contribution in [3.05, 3.63) is 35.8 Å². The second-order valence-corrected chi connectivity index (χ2v) is 6.43. The zero-order valence-electron chi connectivity index (χ0n) is 14.0. The van der Waals surface area contributed by atoms with E-state index in [9.17, 15) is 4.79 Å². The summed E-state index contributed by atoms with van der Waals surface area (Å²) in [7, 11) is 0. The molecule has 6 nitrogen and oxygen atoms in total. The molecule has 0 unspecified atom stereocenters. The van der Waals surface area contributed by atoms with E-state index in [-0.39, 0.29) is 6.03 Å². The number of nitriles is 1. The van der Waals surface area contributed by atoms with Gasteiger partial charge in [0.1, 0.15) is 5.65 Å². The molecule has 6 heteroatoms. The van der Waals surface area contributed by atoms with Gasteiger partial charge in [0.05, 0.1) is 11.8 Å². The molecule has 3 rings (SSSR count). The van der Waals surface area contributed by atoms with Crippen LogP contribution < -0.4 is 5.32 Å². The molecule has 1 aliphatic heterocycles. The first-order chi connectivity index (χ1) is 11.7. The van der Waals surface area contributed by atoms with E-state index in [2.05, 4.69) is 16.4 Å². The molecule has 0 spiro atoms. The molecule has 2 aromatic heterocycles. The van der Waals surface area contributed by atoms with Crippen LogP contribution in [0.3, 0.4) is 0 Å². The predicted octanol–water partition coefficient (Wildman–Crippen LogP) is 2.52. The van der Waals surface area contributed by atoms with Crippen LogP contribution in [0.1, 0.15) is 30.5 Å². The Hall–Kier alpha value is -2.55. The van der Waals surface area contributed by atoms with Crippen molar-refractivity contribution < 1.29 is 4.79 Å². The van der Waals surface area contributed by atoms with E-state index in [0.717, 1.165) is 49.3 Å². The number of pyridine rings is 1. The maximum atomic E-state index is 12.2. The number of carbonyl (C=O) groups excluding carboxylic acids is 1. The lowest BCUT2D eigenvalue weighted by Gasteiger charge is -2.31. The number of rotatable bonds is 4. The number of likely N-dealkylation sites (tertiary alicyclic amines) is 1. The number of hydrogen-bond acceptors (Lipinski definition) is 3. The molecular formula is C18H23N5O. The Balaban J connectivity index is 1.46. The fourth-order valence-electron chi connectivity index (χ4n) is 3.20. The topological polar surface area (TPSA) is 73.4 Å². The summed E-state index contributed by atoms with van der Waals surface area (Å²) in [6.45, 7) is 4.11. The van der Waals surface area contributed by atoms with Gasteiger partial charge in [0.25, 0.3) is 0 Å². The second-order valence-electron chi connectivity index (χ2n) is 6.43. The number of nitrogens with zero attached hydrogens (tertiary/aromatic N) is 4. The lowest BCUT2D eigenvalue weighted by atomic mass is 9.94. The van der Waals surface area contributed by atoms with Gasteiger partial charge in [-0.3, -0.25) is 0 Å². The Labute approximate surface area is 142 Å². The van der Waals surface area contributed by atoms with Gasteiger partial charge in [-0.25, -0.2) is 9.78 Å². The zero-order chi connectivity index (χ0) is 16.9. The molecule has 1 N–H and O–H groups in total. The predicted molar refractivity (Wildman–Crippen MR) is 91.6 cm³/mol. The average Bonchev–Trinajstić information content (AvgIpc) is 3.00. The summed E-state index contributed by atoms with van der Waals surface area (Å²) in [4.78, 5) is 18.7. The van der Waals surface area contributed by atoms with Crippen molar-refractivity contribution in [2.24, 2.45) is 5.92 Å². The maximum Gasteiger partial charge on any atom is 0.317 e. The van der Waals surface area contributed by atoms with Crippen molar-refractivity contribution in [3.63, 3.8) is 0 Å². The van der Waals surface area contributed by atoms with Crippen LogP contribution >= 0.6 is 0 Å². The number of nitrogens with one attached hydrogen (secondary N) is 1. The first kappa shape index (κ1) is 16.3. The van der Waals surface area contributed by atoms with Crippen LogP contribution in [0, 0.1) is 24.2 Å². The van der Waals surface area contributed by atoms with Gasteiger partial charge in [0.2, 0.25) is 0 Å². The van der Waals surface area contributed by atoms with Gasteiger partial charge in [-0.2, -0.15) is 5.26 Å². The molecule has 0 bridgehead atoms. The monoisotopic (exact) mass is 325 g/mol. The summed E-state index contributed by atoms with van der Waals surface area (Å²) in [5.41, 5.74) is 3.10. The minimum atomic E-state index is -0.00893. The van der Waals surface area contributed by atoms with Crippen molar-refractivity contribution in [3.8, 4) is 6.07 Å². The van der Waals surface area contributed by atoms with E-state index in [1.807, 2.05) is 40.8 Å². The molecule has 1 fully saturated rings. The lowest BCUT2D eigenvalue weighted by molar-refractivity contribution is 0.171. The fourth-order valence-corrected chi connectivity index (χ4v) is 3.20. The highest BCUT2D eigenvalue weighted by atomic mass is 16.2. The normalized spacial score (nSPS) is 15.4. The number of aromatic nitrogens is 2. The van der Waals surface area contributed by atoms with Crippen LogP contribution in [0.4, 0.5) is 4.79 Å². The van der Waals surface area contributed by atoms with Crippen LogP contribution in [0.15, 0.2) is 24.5 Å². The highest BCUT2D eigenvalue weighted by Crippen LogP contribution is 2.19. The molecule has 0 radical (unpaired) electrons. The van der Waals surface area contributed by atoms with E-state index in [0.29, 0.717) is 18.9 Å². The first-order valence-corrected chi connectivity index (χ1v) is 8.50. The Morgan fingerprint density at radius 1 is 1.46 bits per heavy atom. The van der Waals surface area contributed by atoms with E-state index < -0.39 is 0 Å². The minimum absolute atomic E-state index is 0.00893. The summed E-state index contributed by atoms with van der Waals surface area (Å²) >= 11 is 0. The number of urea groups is 1. The number of piperidine rings is 1. The highest BCUT2D eigenvalue weighted by molar-refractivity contribution is 5.74. The smallest absolute Gasteiger partial charge is 0.317 e. The standard InChI is InChI=1S/C18H23N5O/c1-14-3-2-10-23-13-16(21-17(14)23)5-9-20-18(24)22-11-6-15(4-8-19)7-12-22/h2-3,10,13,15H,4-7,9,11-12H2,1H3,(H,20,24). The van der Waals surface area contributed by atoms with E-state index in [4.69, 9.17) is 5.26 Å². The summed E-state index contributed by atoms with van der Waals surface area (Å²) in [5, 5.41) is 11.7. The third-order valence-electron chi connectivity index (χ3n) is 4.67. The molecule has 0 aromatic carbocycles. The van der Waals surface area contributed by atoms with Gasteiger partial charge in [-0.1, -0.05) is 6.07 Å². The summed E-state index contributed by atoms with van der Waals surface area (Å²) in [6.07, 6.45) is 7.17. The highest BCUT2D eigenvalue weighted by Gasteiger charge is 2.22. The van der Waals surface area contributed by atoms with Crippen LogP contribution in [0.5, 0.6) is 0 Å². The van der Waals surface area contributed by atoms with Gasteiger partial charge in [0, 0.05) is 44.9 Å². The number of amides is 2. The SMILES string of the molecule is Cc1cccn2cc(CCNC(=O)N3CCC(CC#N)CC3)nc12. The second kappa shape index (κ2) is 7.35. The fraction of sp³-hybridized carbons (Fsp3) is 0.500. The Morgan fingerprint density at radius 3 is 2.96 bits per heavy atom. The number of hydrogen-bond donors (Lipinski definition) is 1. The Morgan fingerprint density at radius 2 is 2.25 bits per heavy atom. The van der Waals surface area contributed by atoms with Gasteiger partial charge in [-0.15, -0.1) is 0 Å². The molecule has 1 saturated heterocycles. The summed E-state index contributed by atoms with van der Waals surface area (Å²) in [5.74, 6) is 0.445. The largest absolute Gasteiger partial charge is 0.338 e. The Bertz CT molecular complexity index is 752. The van der Waals surface area contributed by atoms with Gasteiger partial charge >= 0.3 is 6.03 Å². The third kappa shape index (κ3) is 3.67. The molecule has 2 aromatic rings. The van der Waals surface area contributed by atoms with Crippen molar-refractivity contribution in [2.75, 3.05) is 19.6 Å². The van der Waals surface area contributed by atoms with Crippen LogP contribution in [-0.4, -0.2) is 39.9 Å². The van der Waals surface area contributed by atoms with Crippen molar-refractivity contribution >= 4 is 11.7 Å². The molecule has 2 amide bonds.